The van der Waals surface area contributed by atoms with Crippen molar-refractivity contribution < 1.29 is 13.7 Å². The number of nitrogens with one attached hydrogen (secondary N) is 1. The summed E-state index contributed by atoms with van der Waals surface area (Å²) in [4.78, 5) is 14.8. The van der Waals surface area contributed by atoms with E-state index >= 15 is 0 Å². The molecule has 9 heteroatoms. The van der Waals surface area contributed by atoms with Crippen LogP contribution in [0.2, 0.25) is 0 Å². The number of piperidine rings is 1. The highest BCUT2D eigenvalue weighted by Gasteiger charge is 2.29. The first-order valence-electron chi connectivity index (χ1n) is 9.88. The van der Waals surface area contributed by atoms with Crippen molar-refractivity contribution in [3.63, 3.8) is 0 Å². The molecular formula is C21H20FN5O2S. The number of rotatable bonds is 4. The molecule has 1 aromatic carbocycles. The third-order valence-electron chi connectivity index (χ3n) is 5.57. The SMILES string of the molecule is O=C(Nc1onc2c1CSC2)C1CCN(c2ccc(-c3ccc(F)cc3)nn2)CC1. The zero-order valence-corrected chi connectivity index (χ0v) is 17.0. The first-order valence-corrected chi connectivity index (χ1v) is 11.0. The van der Waals surface area contributed by atoms with Gasteiger partial charge in [-0.25, -0.2) is 4.39 Å². The molecule has 2 aromatic heterocycles. The molecule has 0 aliphatic carbocycles. The van der Waals surface area contributed by atoms with Crippen LogP contribution >= 0.6 is 11.8 Å². The lowest BCUT2D eigenvalue weighted by molar-refractivity contribution is -0.120. The third-order valence-corrected chi connectivity index (χ3v) is 6.54. The molecule has 1 saturated heterocycles. The van der Waals surface area contributed by atoms with Gasteiger partial charge in [-0.3, -0.25) is 10.1 Å². The van der Waals surface area contributed by atoms with Crippen LogP contribution in [-0.2, 0) is 16.3 Å². The number of hydrogen-bond acceptors (Lipinski definition) is 7. The first-order chi connectivity index (χ1) is 14.7. The van der Waals surface area contributed by atoms with E-state index < -0.39 is 0 Å². The van der Waals surface area contributed by atoms with E-state index in [1.54, 1.807) is 23.9 Å². The number of benzene rings is 1. The van der Waals surface area contributed by atoms with E-state index in [-0.39, 0.29) is 17.6 Å². The summed E-state index contributed by atoms with van der Waals surface area (Å²) >= 11 is 1.77. The van der Waals surface area contributed by atoms with Crippen molar-refractivity contribution >= 4 is 29.4 Å². The second kappa shape index (κ2) is 8.06. The molecule has 154 valence electrons. The summed E-state index contributed by atoms with van der Waals surface area (Å²) in [6, 6.07) is 10.00. The maximum absolute atomic E-state index is 13.1. The van der Waals surface area contributed by atoms with Gasteiger partial charge >= 0.3 is 0 Å². The molecule has 4 heterocycles. The van der Waals surface area contributed by atoms with Crippen molar-refractivity contribution in [1.29, 1.82) is 0 Å². The zero-order chi connectivity index (χ0) is 20.5. The monoisotopic (exact) mass is 425 g/mol. The number of carbonyl (C=O) groups is 1. The van der Waals surface area contributed by atoms with Crippen LogP contribution in [0.25, 0.3) is 11.3 Å². The normalized spacial score (nSPS) is 16.5. The van der Waals surface area contributed by atoms with Crippen molar-refractivity contribution in [1.82, 2.24) is 15.4 Å². The van der Waals surface area contributed by atoms with Gasteiger partial charge in [-0.05, 0) is 49.2 Å². The Kier molecular flexibility index (Phi) is 5.12. The summed E-state index contributed by atoms with van der Waals surface area (Å²) in [5, 5.41) is 15.6. The van der Waals surface area contributed by atoms with E-state index in [4.69, 9.17) is 4.52 Å². The van der Waals surface area contributed by atoms with Crippen LogP contribution in [0.15, 0.2) is 40.9 Å². The fourth-order valence-electron chi connectivity index (χ4n) is 3.81. The van der Waals surface area contributed by atoms with E-state index in [0.29, 0.717) is 11.6 Å². The van der Waals surface area contributed by atoms with Gasteiger partial charge < -0.3 is 9.42 Å². The molecule has 2 aliphatic heterocycles. The van der Waals surface area contributed by atoms with E-state index in [1.165, 1.54) is 12.1 Å². The lowest BCUT2D eigenvalue weighted by atomic mass is 9.96. The molecule has 3 aromatic rings. The average Bonchev–Trinajstić information content (AvgIpc) is 3.40. The van der Waals surface area contributed by atoms with E-state index in [1.807, 2.05) is 12.1 Å². The molecular weight excluding hydrogens is 405 g/mol. The second-order valence-electron chi connectivity index (χ2n) is 7.46. The van der Waals surface area contributed by atoms with Gasteiger partial charge in [0.25, 0.3) is 0 Å². The Morgan fingerprint density at radius 2 is 1.90 bits per heavy atom. The van der Waals surface area contributed by atoms with Gasteiger partial charge in [-0.2, -0.15) is 11.8 Å². The second-order valence-corrected chi connectivity index (χ2v) is 8.45. The van der Waals surface area contributed by atoms with E-state index in [2.05, 4.69) is 25.6 Å². The van der Waals surface area contributed by atoms with Crippen molar-refractivity contribution in [3.8, 4) is 11.3 Å². The summed E-state index contributed by atoms with van der Waals surface area (Å²) in [6.45, 7) is 1.46. The number of anilines is 2. The molecule has 0 atom stereocenters. The Balaban J connectivity index is 1.18. The molecule has 0 radical (unpaired) electrons. The lowest BCUT2D eigenvalue weighted by Gasteiger charge is -2.31. The molecule has 1 amide bonds. The topological polar surface area (TPSA) is 84.2 Å². The van der Waals surface area contributed by atoms with Gasteiger partial charge in [-0.15, -0.1) is 10.2 Å². The van der Waals surface area contributed by atoms with Gasteiger partial charge in [0.05, 0.1) is 17.0 Å². The molecule has 0 unspecified atom stereocenters. The van der Waals surface area contributed by atoms with Crippen molar-refractivity contribution in [2.24, 2.45) is 5.92 Å². The quantitative estimate of drug-likeness (QED) is 0.679. The standard InChI is InChI=1S/C21H20FN5O2S/c22-15-3-1-13(2-4-15)17-5-6-19(25-24-17)27-9-7-14(8-10-27)20(28)23-21-16-11-30-12-18(16)26-29-21/h1-6,14H,7-12H2,(H,23,28). The Bertz CT molecular complexity index is 1050. The molecule has 0 spiro atoms. The Labute approximate surface area is 177 Å². The van der Waals surface area contributed by atoms with Crippen LogP contribution in [0.3, 0.4) is 0 Å². The molecule has 5 rings (SSSR count). The number of amides is 1. The highest BCUT2D eigenvalue weighted by Crippen LogP contribution is 2.35. The van der Waals surface area contributed by atoms with Crippen LogP contribution in [0.1, 0.15) is 24.1 Å². The van der Waals surface area contributed by atoms with E-state index in [0.717, 1.165) is 60.1 Å². The highest BCUT2D eigenvalue weighted by atomic mass is 32.2. The van der Waals surface area contributed by atoms with Crippen LogP contribution in [0.4, 0.5) is 16.1 Å². The summed E-state index contributed by atoms with van der Waals surface area (Å²) in [6.07, 6.45) is 1.47. The number of fused-ring (bicyclic) bond motifs is 1. The van der Waals surface area contributed by atoms with Crippen LogP contribution < -0.4 is 10.2 Å². The maximum Gasteiger partial charge on any atom is 0.235 e. The number of halogens is 1. The predicted molar refractivity (Wildman–Crippen MR) is 112 cm³/mol. The summed E-state index contributed by atoms with van der Waals surface area (Å²) < 4.78 is 18.4. The van der Waals surface area contributed by atoms with Crippen LogP contribution in [-0.4, -0.2) is 34.4 Å². The minimum Gasteiger partial charge on any atom is -0.355 e. The Hall–Kier alpha value is -2.94. The summed E-state index contributed by atoms with van der Waals surface area (Å²) in [5.41, 5.74) is 3.48. The van der Waals surface area contributed by atoms with Crippen LogP contribution in [0.5, 0.6) is 0 Å². The molecule has 7 nitrogen and oxygen atoms in total. The Morgan fingerprint density at radius 1 is 1.10 bits per heavy atom. The number of hydrogen-bond donors (Lipinski definition) is 1. The largest absolute Gasteiger partial charge is 0.355 e. The minimum atomic E-state index is -0.276. The summed E-state index contributed by atoms with van der Waals surface area (Å²) in [7, 11) is 0. The van der Waals surface area contributed by atoms with Crippen LogP contribution in [0, 0.1) is 11.7 Å². The molecule has 0 bridgehead atoms. The number of nitrogens with zero attached hydrogens (tertiary/aromatic N) is 4. The molecule has 1 N–H and O–H groups in total. The zero-order valence-electron chi connectivity index (χ0n) is 16.2. The number of thioether (sulfide) groups is 1. The van der Waals surface area contributed by atoms with Crippen molar-refractivity contribution in [3.05, 3.63) is 53.5 Å². The number of carbonyl (C=O) groups excluding carboxylic acids is 1. The first kappa shape index (κ1) is 19.0. The third kappa shape index (κ3) is 3.77. The lowest BCUT2D eigenvalue weighted by Crippen LogP contribution is -2.38. The molecule has 2 aliphatic rings. The molecule has 0 saturated carbocycles. The fourth-order valence-corrected chi connectivity index (χ4v) is 4.83. The summed E-state index contributed by atoms with van der Waals surface area (Å²) in [5.74, 6) is 2.61. The molecule has 30 heavy (non-hydrogen) atoms. The predicted octanol–water partition coefficient (Wildman–Crippen LogP) is 3.87. The van der Waals surface area contributed by atoms with Gasteiger partial charge in [0.2, 0.25) is 11.8 Å². The van der Waals surface area contributed by atoms with Gasteiger partial charge in [0.15, 0.2) is 5.82 Å². The minimum absolute atomic E-state index is 0.0109. The van der Waals surface area contributed by atoms with E-state index in [9.17, 15) is 9.18 Å². The number of aromatic nitrogens is 3. The van der Waals surface area contributed by atoms with Crippen molar-refractivity contribution in [2.45, 2.75) is 24.3 Å². The fraction of sp³-hybridized carbons (Fsp3) is 0.333. The maximum atomic E-state index is 13.1. The van der Waals surface area contributed by atoms with Gasteiger partial charge in [0.1, 0.15) is 5.82 Å². The highest BCUT2D eigenvalue weighted by molar-refractivity contribution is 7.98. The average molecular weight is 425 g/mol. The van der Waals surface area contributed by atoms with Crippen molar-refractivity contribution in [2.75, 3.05) is 23.3 Å². The Morgan fingerprint density at radius 3 is 2.63 bits per heavy atom. The van der Waals surface area contributed by atoms with Gasteiger partial charge in [0, 0.05) is 36.1 Å². The van der Waals surface area contributed by atoms with Gasteiger partial charge in [-0.1, -0.05) is 5.16 Å². The smallest absolute Gasteiger partial charge is 0.235 e. The molecule has 1 fully saturated rings.